The van der Waals surface area contributed by atoms with E-state index in [0.29, 0.717) is 17.9 Å². The van der Waals surface area contributed by atoms with Crippen molar-refractivity contribution in [3.05, 3.63) is 12.3 Å². The van der Waals surface area contributed by atoms with Gasteiger partial charge in [-0.15, -0.1) is 0 Å². The summed E-state index contributed by atoms with van der Waals surface area (Å²) >= 11 is 0. The summed E-state index contributed by atoms with van der Waals surface area (Å²) in [6, 6.07) is 0. The summed E-state index contributed by atoms with van der Waals surface area (Å²) in [7, 11) is 0. The Balaban J connectivity index is 2.56. The van der Waals surface area contributed by atoms with E-state index in [9.17, 15) is 0 Å². The number of allylic oxidation sites excluding steroid dienone is 1. The first kappa shape index (κ1) is 7.64. The topological polar surface area (TPSA) is 9.23 Å². The lowest BCUT2D eigenvalue weighted by Crippen LogP contribution is -2.26. The highest BCUT2D eigenvalue weighted by molar-refractivity contribution is 4.91. The molecule has 0 aromatic carbocycles. The number of hydrogen-bond acceptors (Lipinski definition) is 1. The zero-order valence-electron chi connectivity index (χ0n) is 7.00. The lowest BCUT2D eigenvalue weighted by molar-refractivity contribution is 0.0562. The van der Waals surface area contributed by atoms with Crippen molar-refractivity contribution >= 4 is 0 Å². The predicted molar refractivity (Wildman–Crippen MR) is 42.6 cm³/mol. The Morgan fingerprint density at radius 1 is 1.40 bits per heavy atom. The van der Waals surface area contributed by atoms with Crippen LogP contribution in [0.5, 0.6) is 0 Å². The standard InChI is InChI=1S/C9H16O/c1-4-9-8(3)7(2)5-6-10-9/h5-9H,4H2,1-3H3/t7-,8-,9?/m1/s1. The van der Waals surface area contributed by atoms with Gasteiger partial charge in [0.05, 0.1) is 6.26 Å². The quantitative estimate of drug-likeness (QED) is 0.544. The van der Waals surface area contributed by atoms with E-state index in [0.717, 1.165) is 6.42 Å². The molecule has 1 rings (SSSR count). The van der Waals surface area contributed by atoms with Crippen molar-refractivity contribution in [3.8, 4) is 0 Å². The highest BCUT2D eigenvalue weighted by Crippen LogP contribution is 2.25. The molecule has 1 aliphatic rings. The first-order chi connectivity index (χ1) is 4.75. The minimum atomic E-state index is 0.444. The molecule has 0 saturated heterocycles. The van der Waals surface area contributed by atoms with Gasteiger partial charge in [-0.3, -0.25) is 0 Å². The van der Waals surface area contributed by atoms with Crippen LogP contribution in [0.15, 0.2) is 12.3 Å². The zero-order chi connectivity index (χ0) is 7.56. The largest absolute Gasteiger partial charge is 0.498 e. The van der Waals surface area contributed by atoms with Gasteiger partial charge < -0.3 is 4.74 Å². The lowest BCUT2D eigenvalue weighted by Gasteiger charge is -2.29. The molecule has 1 aliphatic heterocycles. The highest BCUT2D eigenvalue weighted by atomic mass is 16.5. The minimum Gasteiger partial charge on any atom is -0.498 e. The van der Waals surface area contributed by atoms with Crippen LogP contribution in [0.3, 0.4) is 0 Å². The van der Waals surface area contributed by atoms with Crippen molar-refractivity contribution in [2.75, 3.05) is 0 Å². The van der Waals surface area contributed by atoms with Gasteiger partial charge >= 0.3 is 0 Å². The van der Waals surface area contributed by atoms with E-state index < -0.39 is 0 Å². The van der Waals surface area contributed by atoms with Gasteiger partial charge in [-0.2, -0.15) is 0 Å². The van der Waals surface area contributed by atoms with Gasteiger partial charge in [-0.05, 0) is 24.3 Å². The number of ether oxygens (including phenoxy) is 1. The molecule has 1 nitrogen and oxygen atoms in total. The van der Waals surface area contributed by atoms with Crippen molar-refractivity contribution in [2.45, 2.75) is 33.3 Å². The van der Waals surface area contributed by atoms with Crippen LogP contribution in [-0.2, 0) is 4.74 Å². The Morgan fingerprint density at radius 3 is 2.60 bits per heavy atom. The van der Waals surface area contributed by atoms with Gasteiger partial charge in [0, 0.05) is 0 Å². The normalized spacial score (nSPS) is 39.3. The molecular weight excluding hydrogens is 124 g/mol. The molecule has 0 aromatic rings. The fourth-order valence-electron chi connectivity index (χ4n) is 1.38. The first-order valence-corrected chi connectivity index (χ1v) is 4.07. The van der Waals surface area contributed by atoms with E-state index in [1.807, 2.05) is 6.26 Å². The number of rotatable bonds is 1. The molecule has 0 N–H and O–H groups in total. The molecule has 1 heterocycles. The zero-order valence-corrected chi connectivity index (χ0v) is 7.00. The van der Waals surface area contributed by atoms with Crippen molar-refractivity contribution in [1.29, 1.82) is 0 Å². The molecule has 1 unspecified atom stereocenters. The summed E-state index contributed by atoms with van der Waals surface area (Å²) in [6.07, 6.45) is 5.55. The van der Waals surface area contributed by atoms with Crippen LogP contribution in [0, 0.1) is 11.8 Å². The van der Waals surface area contributed by atoms with E-state index >= 15 is 0 Å². The summed E-state index contributed by atoms with van der Waals surface area (Å²) in [4.78, 5) is 0. The van der Waals surface area contributed by atoms with Crippen LogP contribution in [0.25, 0.3) is 0 Å². The van der Waals surface area contributed by atoms with Crippen molar-refractivity contribution in [1.82, 2.24) is 0 Å². The fourth-order valence-corrected chi connectivity index (χ4v) is 1.38. The third kappa shape index (κ3) is 1.34. The second-order valence-electron chi connectivity index (χ2n) is 3.13. The second-order valence-corrected chi connectivity index (χ2v) is 3.13. The average molecular weight is 140 g/mol. The predicted octanol–water partition coefficient (Wildman–Crippen LogP) is 2.58. The molecule has 58 valence electrons. The van der Waals surface area contributed by atoms with E-state index in [4.69, 9.17) is 4.74 Å². The third-order valence-electron chi connectivity index (χ3n) is 2.45. The van der Waals surface area contributed by atoms with Crippen molar-refractivity contribution in [2.24, 2.45) is 11.8 Å². The summed E-state index contributed by atoms with van der Waals surface area (Å²) < 4.78 is 5.43. The van der Waals surface area contributed by atoms with Crippen LogP contribution in [0.2, 0.25) is 0 Å². The molecule has 10 heavy (non-hydrogen) atoms. The SMILES string of the molecule is CCC1OC=C[C@@H](C)[C@H]1C. The minimum absolute atomic E-state index is 0.444. The Labute approximate surface area is 63.1 Å². The average Bonchev–Trinajstić information content (AvgIpc) is 1.95. The second kappa shape index (κ2) is 3.09. The van der Waals surface area contributed by atoms with Gasteiger partial charge in [-0.1, -0.05) is 20.8 Å². The summed E-state index contributed by atoms with van der Waals surface area (Å²) in [5.74, 6) is 1.36. The van der Waals surface area contributed by atoms with Gasteiger partial charge in [0.25, 0.3) is 0 Å². The van der Waals surface area contributed by atoms with E-state index in [2.05, 4.69) is 26.8 Å². The van der Waals surface area contributed by atoms with Gasteiger partial charge in [0.15, 0.2) is 0 Å². The Kier molecular flexibility index (Phi) is 2.36. The van der Waals surface area contributed by atoms with Crippen LogP contribution in [0.4, 0.5) is 0 Å². The molecule has 0 fully saturated rings. The molecule has 1 heteroatoms. The van der Waals surface area contributed by atoms with Crippen LogP contribution in [-0.4, -0.2) is 6.10 Å². The molecule has 3 atom stereocenters. The summed E-state index contributed by atoms with van der Waals surface area (Å²) in [6.45, 7) is 6.67. The smallest absolute Gasteiger partial charge is 0.101 e. The van der Waals surface area contributed by atoms with E-state index in [-0.39, 0.29) is 0 Å². The van der Waals surface area contributed by atoms with Gasteiger partial charge in [0.1, 0.15) is 6.10 Å². The van der Waals surface area contributed by atoms with E-state index in [1.165, 1.54) is 0 Å². The van der Waals surface area contributed by atoms with Crippen LogP contribution in [0.1, 0.15) is 27.2 Å². The number of hydrogen-bond donors (Lipinski definition) is 0. The fraction of sp³-hybridized carbons (Fsp3) is 0.778. The molecule has 0 amide bonds. The van der Waals surface area contributed by atoms with Crippen molar-refractivity contribution in [3.63, 3.8) is 0 Å². The summed E-state index contributed by atoms with van der Waals surface area (Å²) in [5.41, 5.74) is 0. The first-order valence-electron chi connectivity index (χ1n) is 4.07. The molecule has 0 saturated carbocycles. The Hall–Kier alpha value is -0.460. The van der Waals surface area contributed by atoms with Gasteiger partial charge in [-0.25, -0.2) is 0 Å². The molecule has 0 aliphatic carbocycles. The molecule has 0 radical (unpaired) electrons. The molecule has 0 aromatic heterocycles. The maximum absolute atomic E-state index is 5.43. The monoisotopic (exact) mass is 140 g/mol. The maximum atomic E-state index is 5.43. The summed E-state index contributed by atoms with van der Waals surface area (Å²) in [5, 5.41) is 0. The van der Waals surface area contributed by atoms with Crippen LogP contribution < -0.4 is 0 Å². The van der Waals surface area contributed by atoms with E-state index in [1.54, 1.807) is 0 Å². The highest BCUT2D eigenvalue weighted by Gasteiger charge is 2.23. The molecular formula is C9H16O. The van der Waals surface area contributed by atoms with Gasteiger partial charge in [0.2, 0.25) is 0 Å². The maximum Gasteiger partial charge on any atom is 0.101 e. The Bertz CT molecular complexity index is 129. The Morgan fingerprint density at radius 2 is 2.10 bits per heavy atom. The molecule has 0 spiro atoms. The lowest BCUT2D eigenvalue weighted by atomic mass is 9.88. The molecule has 0 bridgehead atoms. The van der Waals surface area contributed by atoms with Crippen molar-refractivity contribution < 1.29 is 4.74 Å². The van der Waals surface area contributed by atoms with Crippen LogP contribution >= 0.6 is 0 Å². The third-order valence-corrected chi connectivity index (χ3v) is 2.45.